The van der Waals surface area contributed by atoms with Crippen LogP contribution < -0.4 is 5.73 Å². The summed E-state index contributed by atoms with van der Waals surface area (Å²) in [5, 5.41) is 0. The van der Waals surface area contributed by atoms with Crippen LogP contribution in [0.4, 0.5) is 0 Å². The van der Waals surface area contributed by atoms with E-state index < -0.39 is 0 Å². The van der Waals surface area contributed by atoms with E-state index in [0.29, 0.717) is 11.2 Å². The third-order valence-corrected chi connectivity index (χ3v) is 3.40. The molecule has 0 radical (unpaired) electrons. The van der Waals surface area contributed by atoms with Gasteiger partial charge in [-0.1, -0.05) is 0 Å². The van der Waals surface area contributed by atoms with Crippen LogP contribution in [0.25, 0.3) is 0 Å². The summed E-state index contributed by atoms with van der Waals surface area (Å²) >= 11 is 0. The molecule has 0 aliphatic rings. The fourth-order valence-corrected chi connectivity index (χ4v) is 1.70. The van der Waals surface area contributed by atoms with Gasteiger partial charge in [0.05, 0.1) is 14.2 Å². The zero-order valence-electron chi connectivity index (χ0n) is 11.2. The second-order valence-corrected chi connectivity index (χ2v) is 4.56. The lowest BCUT2D eigenvalue weighted by atomic mass is 9.98. The molecule has 0 saturated heterocycles. The summed E-state index contributed by atoms with van der Waals surface area (Å²) in [6, 6.07) is 0. The van der Waals surface area contributed by atoms with Crippen LogP contribution in [0.2, 0.25) is 0 Å². The summed E-state index contributed by atoms with van der Waals surface area (Å²) in [4.78, 5) is 16.6. The summed E-state index contributed by atoms with van der Waals surface area (Å²) in [7, 11) is 3.81. The van der Waals surface area contributed by atoms with E-state index in [1.54, 1.807) is 14.0 Å². The van der Waals surface area contributed by atoms with Crippen molar-refractivity contribution in [1.29, 1.82) is 0 Å². The Morgan fingerprint density at radius 3 is 2.44 bits per heavy atom. The van der Waals surface area contributed by atoms with Crippen molar-refractivity contribution >= 4 is 5.78 Å². The minimum atomic E-state index is 0.0444. The van der Waals surface area contributed by atoms with Gasteiger partial charge in [0.15, 0.2) is 0 Å². The molecule has 0 bridgehead atoms. The zero-order chi connectivity index (χ0) is 12.6. The molecule has 1 unspecified atom stereocenters. The highest BCUT2D eigenvalue weighted by Crippen LogP contribution is 2.11. The predicted molar refractivity (Wildman–Crippen MR) is 65.7 cm³/mol. The maximum atomic E-state index is 11.2. The first-order chi connectivity index (χ1) is 7.49. The lowest BCUT2D eigenvalue weighted by molar-refractivity contribution is -1.09. The van der Waals surface area contributed by atoms with E-state index in [2.05, 4.69) is 14.0 Å². The maximum absolute atomic E-state index is 11.2. The van der Waals surface area contributed by atoms with Crippen molar-refractivity contribution in [1.82, 2.24) is 0 Å². The number of rotatable bonds is 9. The van der Waals surface area contributed by atoms with Crippen molar-refractivity contribution < 1.29 is 14.3 Å². The molecular formula is C12H27N2O2+. The van der Waals surface area contributed by atoms with Gasteiger partial charge in [0, 0.05) is 12.5 Å². The van der Waals surface area contributed by atoms with Crippen LogP contribution in [0.15, 0.2) is 0 Å². The van der Waals surface area contributed by atoms with Crippen molar-refractivity contribution in [2.45, 2.75) is 33.1 Å². The van der Waals surface area contributed by atoms with Crippen LogP contribution in [0.3, 0.4) is 0 Å². The molecule has 0 spiro atoms. The summed E-state index contributed by atoms with van der Waals surface area (Å²) in [6.45, 7) is 6.16. The topological polar surface area (TPSA) is 52.3 Å². The molecule has 0 aliphatic heterocycles. The third kappa shape index (κ3) is 5.58. The Labute approximate surface area is 99.3 Å². The fourth-order valence-electron chi connectivity index (χ4n) is 1.70. The molecule has 0 fully saturated rings. The molecular weight excluding hydrogens is 204 g/mol. The Kier molecular flexibility index (Phi) is 7.55. The van der Waals surface area contributed by atoms with Gasteiger partial charge in [-0.3, -0.25) is 4.79 Å². The van der Waals surface area contributed by atoms with E-state index in [1.165, 1.54) is 0 Å². The van der Waals surface area contributed by atoms with Gasteiger partial charge in [-0.05, 0) is 33.1 Å². The van der Waals surface area contributed by atoms with E-state index in [1.807, 2.05) is 0 Å². The monoisotopic (exact) mass is 231 g/mol. The van der Waals surface area contributed by atoms with Crippen molar-refractivity contribution in [3.8, 4) is 0 Å². The van der Waals surface area contributed by atoms with Gasteiger partial charge in [0.25, 0.3) is 0 Å². The van der Waals surface area contributed by atoms with Gasteiger partial charge in [-0.2, -0.15) is 4.65 Å². The number of nitrogens with zero attached hydrogens (tertiary/aromatic N) is 1. The molecule has 96 valence electrons. The maximum Gasteiger partial charge on any atom is 0.134 e. The first kappa shape index (κ1) is 15.6. The predicted octanol–water partition coefficient (Wildman–Crippen LogP) is 1.35. The molecule has 4 nitrogen and oxygen atoms in total. The molecule has 0 heterocycles. The number of carbonyl (C=O) groups is 1. The number of hydrogen-bond acceptors (Lipinski definition) is 3. The molecule has 0 aliphatic carbocycles. The molecule has 2 atom stereocenters. The first-order valence-corrected chi connectivity index (χ1v) is 6.10. The second-order valence-electron chi connectivity index (χ2n) is 4.56. The Morgan fingerprint density at radius 2 is 2.06 bits per heavy atom. The van der Waals surface area contributed by atoms with Crippen molar-refractivity contribution in [3.05, 3.63) is 0 Å². The third-order valence-electron chi connectivity index (χ3n) is 3.40. The van der Waals surface area contributed by atoms with Crippen LogP contribution in [0, 0.1) is 5.92 Å². The minimum absolute atomic E-state index is 0.0444. The first-order valence-electron chi connectivity index (χ1n) is 6.10. The van der Waals surface area contributed by atoms with Gasteiger partial charge in [-0.25, -0.2) is 4.84 Å². The Balaban J connectivity index is 3.78. The lowest BCUT2D eigenvalue weighted by Crippen LogP contribution is -2.43. The SMILES string of the molecule is CC[N+](C)(CCCC[C@H](CN)C(C)=O)OC. The summed E-state index contributed by atoms with van der Waals surface area (Å²) in [5.74, 6) is 0.255. The van der Waals surface area contributed by atoms with E-state index >= 15 is 0 Å². The van der Waals surface area contributed by atoms with Gasteiger partial charge >= 0.3 is 0 Å². The molecule has 0 amide bonds. The van der Waals surface area contributed by atoms with Crippen molar-refractivity contribution in [2.75, 3.05) is 33.8 Å². The summed E-state index contributed by atoms with van der Waals surface area (Å²) < 4.78 is 0.632. The molecule has 0 rings (SSSR count). The number of hydroxylamine groups is 3. The highest BCUT2D eigenvalue weighted by atomic mass is 16.7. The van der Waals surface area contributed by atoms with Crippen molar-refractivity contribution in [2.24, 2.45) is 11.7 Å². The molecule has 4 heteroatoms. The smallest absolute Gasteiger partial charge is 0.134 e. The Morgan fingerprint density at radius 1 is 1.44 bits per heavy atom. The van der Waals surface area contributed by atoms with E-state index in [4.69, 9.17) is 10.6 Å². The second kappa shape index (κ2) is 7.76. The zero-order valence-corrected chi connectivity index (χ0v) is 11.2. The van der Waals surface area contributed by atoms with Gasteiger partial charge in [-0.15, -0.1) is 0 Å². The number of carbonyl (C=O) groups excluding carboxylic acids is 1. The highest BCUT2D eigenvalue weighted by Gasteiger charge is 2.19. The van der Waals surface area contributed by atoms with E-state index in [9.17, 15) is 4.79 Å². The van der Waals surface area contributed by atoms with E-state index in [0.717, 1.165) is 32.4 Å². The molecule has 0 aromatic rings. The number of nitrogens with two attached hydrogens (primary N) is 1. The van der Waals surface area contributed by atoms with Gasteiger partial charge in [0.1, 0.15) is 18.9 Å². The highest BCUT2D eigenvalue weighted by molar-refractivity contribution is 5.78. The number of hydrogen-bond donors (Lipinski definition) is 1. The summed E-state index contributed by atoms with van der Waals surface area (Å²) in [6.07, 6.45) is 3.01. The standard InChI is InChI=1S/C12H27N2O2/c1-5-14(3,16-4)9-7-6-8-12(10-13)11(2)15/h12H,5-10,13H2,1-4H3/q+1/t12-,14?/m1/s1. The van der Waals surface area contributed by atoms with Crippen LogP contribution in [-0.2, 0) is 9.63 Å². The molecule has 2 N–H and O–H groups in total. The Hall–Kier alpha value is -0.450. The van der Waals surface area contributed by atoms with Crippen LogP contribution in [0.5, 0.6) is 0 Å². The molecule has 0 aromatic heterocycles. The molecule has 0 saturated carbocycles. The average molecular weight is 231 g/mol. The van der Waals surface area contributed by atoms with E-state index in [-0.39, 0.29) is 11.7 Å². The fraction of sp³-hybridized carbons (Fsp3) is 0.917. The quantitative estimate of drug-likeness (QED) is 0.370. The number of ketones is 1. The van der Waals surface area contributed by atoms with Crippen molar-refractivity contribution in [3.63, 3.8) is 0 Å². The molecule has 16 heavy (non-hydrogen) atoms. The molecule has 0 aromatic carbocycles. The number of quaternary nitrogens is 1. The van der Waals surface area contributed by atoms with Gasteiger partial charge < -0.3 is 5.73 Å². The normalized spacial score (nSPS) is 16.8. The minimum Gasteiger partial charge on any atom is -0.330 e. The van der Waals surface area contributed by atoms with Crippen LogP contribution in [0.1, 0.15) is 33.1 Å². The Bertz CT molecular complexity index is 203. The largest absolute Gasteiger partial charge is 0.330 e. The summed E-state index contributed by atoms with van der Waals surface area (Å²) in [5.41, 5.74) is 5.54. The lowest BCUT2D eigenvalue weighted by Gasteiger charge is -2.28. The number of Topliss-reactive ketones (excluding diaryl/α,β-unsaturated/α-hetero) is 1. The van der Waals surface area contributed by atoms with Gasteiger partial charge in [0.2, 0.25) is 0 Å². The van der Waals surface area contributed by atoms with Crippen LogP contribution >= 0.6 is 0 Å². The average Bonchev–Trinajstić information content (AvgIpc) is 2.28. The van der Waals surface area contributed by atoms with Crippen LogP contribution in [-0.4, -0.2) is 44.2 Å². The number of unbranched alkanes of at least 4 members (excludes halogenated alkanes) is 1.